The van der Waals surface area contributed by atoms with Gasteiger partial charge in [0, 0.05) is 34.5 Å². The van der Waals surface area contributed by atoms with E-state index in [2.05, 4.69) is 10.2 Å². The summed E-state index contributed by atoms with van der Waals surface area (Å²) >= 11 is 3.30. The molecule has 3 aromatic rings. The Morgan fingerprint density at radius 3 is 2.22 bits per heavy atom. The molecular weight excluding hydrogens is 386 g/mol. The number of halogens is 2. The van der Waals surface area contributed by atoms with Crippen LogP contribution in [0.5, 0.6) is 0 Å². The van der Waals surface area contributed by atoms with Gasteiger partial charge in [-0.2, -0.15) is 0 Å². The van der Waals surface area contributed by atoms with Crippen LogP contribution in [0, 0.1) is 11.6 Å². The zero-order chi connectivity index (χ0) is 19.2. The van der Waals surface area contributed by atoms with E-state index in [4.69, 9.17) is 0 Å². The fourth-order valence-electron chi connectivity index (χ4n) is 2.83. The van der Waals surface area contributed by atoms with Gasteiger partial charge < -0.3 is 5.32 Å². The molecular formula is C20H20F2N2OS2. The van der Waals surface area contributed by atoms with E-state index in [1.54, 1.807) is 29.6 Å². The Morgan fingerprint density at radius 1 is 1.07 bits per heavy atom. The van der Waals surface area contributed by atoms with E-state index in [0.717, 1.165) is 6.07 Å². The number of nitrogens with zero attached hydrogens (tertiary/aromatic N) is 1. The molecule has 1 amide bonds. The fraction of sp³-hybridized carbons (Fsp3) is 0.250. The molecule has 0 spiro atoms. The molecule has 0 aliphatic rings. The Morgan fingerprint density at radius 2 is 1.70 bits per heavy atom. The third-order valence-corrected chi connectivity index (χ3v) is 5.82. The van der Waals surface area contributed by atoms with Gasteiger partial charge in [-0.05, 0) is 35.9 Å². The van der Waals surface area contributed by atoms with Crippen molar-refractivity contribution in [1.29, 1.82) is 0 Å². The van der Waals surface area contributed by atoms with Gasteiger partial charge in [-0.15, -0.1) is 22.7 Å². The first kappa shape index (κ1) is 19.7. The molecule has 1 aromatic carbocycles. The number of benzene rings is 1. The first-order valence-electron chi connectivity index (χ1n) is 8.52. The molecule has 0 aliphatic carbocycles. The minimum Gasteiger partial charge on any atom is -0.348 e. The molecule has 0 bridgehead atoms. The average molecular weight is 407 g/mol. The molecule has 0 radical (unpaired) electrons. The van der Waals surface area contributed by atoms with E-state index in [1.165, 1.54) is 21.9 Å². The minimum absolute atomic E-state index is 0.195. The zero-order valence-corrected chi connectivity index (χ0v) is 16.5. The Labute approximate surface area is 165 Å². The van der Waals surface area contributed by atoms with E-state index in [0.29, 0.717) is 13.1 Å². The third kappa shape index (κ3) is 5.69. The first-order chi connectivity index (χ1) is 13.0. The van der Waals surface area contributed by atoms with Crippen LogP contribution < -0.4 is 5.32 Å². The number of hydrogen-bond acceptors (Lipinski definition) is 4. The number of amides is 1. The lowest BCUT2D eigenvalue weighted by atomic mass is 10.1. The summed E-state index contributed by atoms with van der Waals surface area (Å²) in [5.41, 5.74) is 0.271. The maximum Gasteiger partial charge on any atom is 0.234 e. The van der Waals surface area contributed by atoms with Crippen LogP contribution in [0.25, 0.3) is 0 Å². The summed E-state index contributed by atoms with van der Waals surface area (Å²) in [5, 5.41) is 6.83. The highest BCUT2D eigenvalue weighted by atomic mass is 32.1. The van der Waals surface area contributed by atoms with Gasteiger partial charge in [0.05, 0.1) is 12.6 Å². The lowest BCUT2D eigenvalue weighted by Crippen LogP contribution is -2.37. The van der Waals surface area contributed by atoms with Crippen molar-refractivity contribution in [1.82, 2.24) is 10.2 Å². The van der Waals surface area contributed by atoms with Crippen molar-refractivity contribution in [2.45, 2.75) is 26.1 Å². The quantitative estimate of drug-likeness (QED) is 0.573. The molecule has 7 heteroatoms. The van der Waals surface area contributed by atoms with E-state index in [-0.39, 0.29) is 18.0 Å². The van der Waals surface area contributed by atoms with Gasteiger partial charge in [0.2, 0.25) is 5.91 Å². The lowest BCUT2D eigenvalue weighted by Gasteiger charge is -2.22. The number of carbonyl (C=O) groups excluding carboxylic acids is 1. The molecule has 0 unspecified atom stereocenters. The predicted octanol–water partition coefficient (Wildman–Crippen LogP) is 4.97. The van der Waals surface area contributed by atoms with Crippen LogP contribution in [-0.4, -0.2) is 17.4 Å². The van der Waals surface area contributed by atoms with Crippen LogP contribution in [-0.2, 0) is 17.9 Å². The van der Waals surface area contributed by atoms with Gasteiger partial charge in [-0.3, -0.25) is 9.69 Å². The van der Waals surface area contributed by atoms with Crippen LogP contribution in [0.15, 0.2) is 53.2 Å². The molecule has 2 heterocycles. The molecule has 1 N–H and O–H groups in total. The number of thiophene rings is 2. The molecule has 142 valence electrons. The number of hydrogen-bond donors (Lipinski definition) is 1. The average Bonchev–Trinajstić information content (AvgIpc) is 3.28. The van der Waals surface area contributed by atoms with Gasteiger partial charge in [0.15, 0.2) is 0 Å². The Balaban J connectivity index is 1.64. The molecule has 27 heavy (non-hydrogen) atoms. The van der Waals surface area contributed by atoms with Gasteiger partial charge in [-0.1, -0.05) is 18.2 Å². The summed E-state index contributed by atoms with van der Waals surface area (Å²) < 4.78 is 27.0. The zero-order valence-electron chi connectivity index (χ0n) is 14.8. The number of nitrogens with one attached hydrogen (secondary N) is 1. The monoisotopic (exact) mass is 406 g/mol. The van der Waals surface area contributed by atoms with E-state index >= 15 is 0 Å². The summed E-state index contributed by atoms with van der Waals surface area (Å²) in [6, 6.07) is 10.9. The Kier molecular flexibility index (Phi) is 6.71. The van der Waals surface area contributed by atoms with E-state index in [9.17, 15) is 13.6 Å². The Bertz CT molecular complexity index is 830. The van der Waals surface area contributed by atoms with E-state index < -0.39 is 17.7 Å². The van der Waals surface area contributed by atoms with Gasteiger partial charge >= 0.3 is 0 Å². The van der Waals surface area contributed by atoms with Crippen molar-refractivity contribution in [3.8, 4) is 0 Å². The van der Waals surface area contributed by atoms with Gasteiger partial charge in [0.25, 0.3) is 0 Å². The van der Waals surface area contributed by atoms with Crippen LogP contribution in [0.2, 0.25) is 0 Å². The predicted molar refractivity (Wildman–Crippen MR) is 106 cm³/mol. The number of rotatable bonds is 8. The van der Waals surface area contributed by atoms with Crippen molar-refractivity contribution in [3.63, 3.8) is 0 Å². The molecule has 3 rings (SSSR count). The second-order valence-electron chi connectivity index (χ2n) is 6.26. The van der Waals surface area contributed by atoms with Crippen LogP contribution in [0.1, 0.15) is 28.3 Å². The molecule has 0 saturated carbocycles. The highest BCUT2D eigenvalue weighted by molar-refractivity contribution is 7.10. The first-order valence-corrected chi connectivity index (χ1v) is 10.3. The van der Waals surface area contributed by atoms with E-state index in [1.807, 2.05) is 35.0 Å². The maximum atomic E-state index is 13.9. The maximum absolute atomic E-state index is 13.9. The molecule has 1 atom stereocenters. The Hall–Kier alpha value is -2.09. The molecule has 2 aromatic heterocycles. The highest BCUT2D eigenvalue weighted by Crippen LogP contribution is 2.19. The van der Waals surface area contributed by atoms with Crippen LogP contribution in [0.3, 0.4) is 0 Å². The van der Waals surface area contributed by atoms with Crippen molar-refractivity contribution < 1.29 is 13.6 Å². The summed E-state index contributed by atoms with van der Waals surface area (Å²) in [5.74, 6) is -1.48. The summed E-state index contributed by atoms with van der Waals surface area (Å²) in [6.07, 6.45) is 0. The second-order valence-corrected chi connectivity index (χ2v) is 8.32. The SMILES string of the molecule is C[C@@H](NC(=O)CN(Cc1cccs1)Cc1cccs1)c1ccc(F)cc1F. The van der Waals surface area contributed by atoms with Crippen LogP contribution in [0.4, 0.5) is 8.78 Å². The van der Waals surface area contributed by atoms with Crippen molar-refractivity contribution in [2.75, 3.05) is 6.54 Å². The smallest absolute Gasteiger partial charge is 0.234 e. The van der Waals surface area contributed by atoms with Crippen molar-refractivity contribution >= 4 is 28.6 Å². The normalized spacial score (nSPS) is 12.3. The van der Waals surface area contributed by atoms with Gasteiger partial charge in [0.1, 0.15) is 11.6 Å². The number of carbonyl (C=O) groups is 1. The molecule has 0 fully saturated rings. The minimum atomic E-state index is -0.656. The topological polar surface area (TPSA) is 32.3 Å². The van der Waals surface area contributed by atoms with Crippen molar-refractivity contribution in [2.24, 2.45) is 0 Å². The second kappa shape index (κ2) is 9.21. The highest BCUT2D eigenvalue weighted by Gasteiger charge is 2.17. The lowest BCUT2D eigenvalue weighted by molar-refractivity contribution is -0.123. The fourth-order valence-corrected chi connectivity index (χ4v) is 4.33. The summed E-state index contributed by atoms with van der Waals surface area (Å²) in [6.45, 7) is 3.23. The molecule has 0 aliphatic heterocycles. The summed E-state index contributed by atoms with van der Waals surface area (Å²) in [7, 11) is 0. The standard InChI is InChI=1S/C20H20F2N2OS2/c1-14(18-7-6-15(21)10-19(18)22)23-20(25)13-24(11-16-4-2-8-26-16)12-17-5-3-9-27-17/h2-10,14H,11-13H2,1H3,(H,23,25)/t14-/m1/s1. The largest absolute Gasteiger partial charge is 0.348 e. The molecule has 0 saturated heterocycles. The molecule has 3 nitrogen and oxygen atoms in total. The third-order valence-electron chi connectivity index (χ3n) is 4.09. The summed E-state index contributed by atoms with van der Waals surface area (Å²) in [4.78, 5) is 16.9. The van der Waals surface area contributed by atoms with Gasteiger partial charge in [-0.25, -0.2) is 8.78 Å². The van der Waals surface area contributed by atoms with Crippen LogP contribution >= 0.6 is 22.7 Å². The van der Waals surface area contributed by atoms with Crippen molar-refractivity contribution in [3.05, 3.63) is 80.2 Å².